The summed E-state index contributed by atoms with van der Waals surface area (Å²) >= 11 is 6.20. The molecule has 0 radical (unpaired) electrons. The first-order valence-corrected chi connectivity index (χ1v) is 36.7. The molecule has 2 saturated heterocycles. The van der Waals surface area contributed by atoms with Crippen LogP contribution >= 0.6 is 11.6 Å². The smallest absolute Gasteiger partial charge is 0.347 e. The minimum Gasteiger partial charge on any atom is -0.347 e. The molecule has 105 heavy (non-hydrogen) atoms. The molecule has 6 rings (SSSR count). The summed E-state index contributed by atoms with van der Waals surface area (Å²) in [5, 5.41) is 8.07. The van der Waals surface area contributed by atoms with Crippen LogP contribution < -0.4 is 16.0 Å². The van der Waals surface area contributed by atoms with Gasteiger partial charge in [-0.05, 0) is 118 Å². The van der Waals surface area contributed by atoms with Gasteiger partial charge in [-0.15, -0.1) is 0 Å². The van der Waals surface area contributed by atoms with Crippen LogP contribution in [0.25, 0.3) is 0 Å². The number of nitrogens with one attached hydrogen (secondary N) is 3. The van der Waals surface area contributed by atoms with Crippen molar-refractivity contribution in [2.24, 2.45) is 17.8 Å². The average molecular weight is 1490 g/mol. The maximum Gasteiger partial charge on any atom is 0.417 e. The molecule has 3 heterocycles. The second-order valence-electron chi connectivity index (χ2n) is 29.6. The molecule has 3 fully saturated rings. The van der Waals surface area contributed by atoms with Gasteiger partial charge < -0.3 is 60.0 Å². The highest BCUT2D eigenvalue weighted by Gasteiger charge is 2.51. The molecule has 3 N–H and O–H groups in total. The molecule has 25 nitrogen and oxygen atoms in total. The van der Waals surface area contributed by atoms with Crippen LogP contribution in [0.4, 0.5) is 13.2 Å². The van der Waals surface area contributed by atoms with E-state index in [1.165, 1.54) is 106 Å². The third-order valence-corrected chi connectivity index (χ3v) is 21.8. The predicted octanol–water partition coefficient (Wildman–Crippen LogP) is 5.94. The minimum atomic E-state index is -4.80. The van der Waals surface area contributed by atoms with Crippen LogP contribution in [0.15, 0.2) is 67.0 Å². The number of likely N-dealkylation sites (N-methyl/N-ethyl adjacent to an activating group) is 8. The summed E-state index contributed by atoms with van der Waals surface area (Å²) in [5.41, 5.74) is -0.325. The van der Waals surface area contributed by atoms with Crippen molar-refractivity contribution in [2.45, 2.75) is 211 Å². The van der Waals surface area contributed by atoms with Crippen molar-refractivity contribution < 1.29 is 70.7 Å². The zero-order valence-electron chi connectivity index (χ0n) is 64.0. The van der Waals surface area contributed by atoms with E-state index >= 15 is 24.0 Å². The Morgan fingerprint density at radius 1 is 0.676 bits per heavy atom. The van der Waals surface area contributed by atoms with Gasteiger partial charge in [0, 0.05) is 88.8 Å². The predicted molar refractivity (Wildman–Crippen MR) is 390 cm³/mol. The van der Waals surface area contributed by atoms with Gasteiger partial charge in [-0.25, -0.2) is 0 Å². The quantitative estimate of drug-likeness (QED) is 0.159. The number of fused-ring (bicyclic) bond motifs is 1. The Labute approximate surface area is 621 Å². The van der Waals surface area contributed by atoms with Crippen LogP contribution in [0.2, 0.25) is 5.02 Å². The topological polar surface area (TPSA) is 283 Å². The van der Waals surface area contributed by atoms with Gasteiger partial charge in [0.2, 0.25) is 70.9 Å². The van der Waals surface area contributed by atoms with Gasteiger partial charge in [0.25, 0.3) is 0 Å². The van der Waals surface area contributed by atoms with Crippen LogP contribution in [0.1, 0.15) is 147 Å². The van der Waals surface area contributed by atoms with Crippen LogP contribution in [0.5, 0.6) is 0 Å². The molecule has 1 spiro atoms. The molecule has 12 amide bonds. The Morgan fingerprint density at radius 2 is 1.29 bits per heavy atom. The van der Waals surface area contributed by atoms with Gasteiger partial charge in [0.05, 0.1) is 23.6 Å². The van der Waals surface area contributed by atoms with Crippen LogP contribution in [-0.2, 0) is 83.0 Å². The Morgan fingerprint density at radius 3 is 1.84 bits per heavy atom. The Balaban J connectivity index is 1.50. The van der Waals surface area contributed by atoms with Gasteiger partial charge in [-0.1, -0.05) is 121 Å². The van der Waals surface area contributed by atoms with Crippen molar-refractivity contribution >= 4 is 82.5 Å². The fraction of sp³-hybridized carbons (Fsp3) is 0.618. The number of alkyl halides is 3. The molecule has 578 valence electrons. The molecule has 0 bridgehead atoms. The van der Waals surface area contributed by atoms with E-state index in [0.717, 1.165) is 32.4 Å². The van der Waals surface area contributed by atoms with E-state index in [0.29, 0.717) is 36.8 Å². The van der Waals surface area contributed by atoms with E-state index in [-0.39, 0.29) is 75.8 Å². The molecule has 1 unspecified atom stereocenters. The molecule has 2 aromatic carbocycles. The van der Waals surface area contributed by atoms with Crippen molar-refractivity contribution in [1.82, 2.24) is 65.0 Å². The molecule has 29 heteroatoms. The second-order valence-corrected chi connectivity index (χ2v) is 30.0. The largest absolute Gasteiger partial charge is 0.417 e. The van der Waals surface area contributed by atoms with E-state index in [1.54, 1.807) is 50.5 Å². The highest BCUT2D eigenvalue weighted by Crippen LogP contribution is 2.37. The molecule has 1 saturated carbocycles. The number of rotatable bonds is 15. The van der Waals surface area contributed by atoms with Gasteiger partial charge in [0.1, 0.15) is 59.9 Å². The highest BCUT2D eigenvalue weighted by molar-refractivity contribution is 6.31. The van der Waals surface area contributed by atoms with Crippen LogP contribution in [0, 0.1) is 24.7 Å². The van der Waals surface area contributed by atoms with Crippen molar-refractivity contribution in [3.8, 4) is 0 Å². The molecule has 3 aromatic rings. The fourth-order valence-electron chi connectivity index (χ4n) is 14.0. The van der Waals surface area contributed by atoms with Crippen LogP contribution in [-0.4, -0.2) is 256 Å². The maximum atomic E-state index is 15.7. The monoisotopic (exact) mass is 1490 g/mol. The SMILES string of the molecule is CC[C@H](C)[C@@H]1NC(=O)[C@H](CC(C)C)N(C)C(=O)C[C@@H](C(=O)N(C)C)N(C)C(=O)[C@H]([C@@H](C)CC)N(C)C(=O)C2(CCCC2)NC(=O)[C@H](CCc2cccnc2)N(C)C(=O)[C@H](CCc2ccc(C(F)(F)F)c(Cl)c2)NC(=O)CN(C)C(=O)[C@H](Cc2ccc(C)cc2)N(C)C(=O)C2CCN2C(=O)[C@H](C)N(C)C1=O. The maximum absolute atomic E-state index is 15.7. The lowest BCUT2D eigenvalue weighted by atomic mass is 9.90. The van der Waals surface area contributed by atoms with E-state index in [2.05, 4.69) is 20.9 Å². The van der Waals surface area contributed by atoms with E-state index in [1.807, 2.05) is 46.8 Å². The van der Waals surface area contributed by atoms with Gasteiger partial charge in [-0.3, -0.25) is 62.5 Å². The number of aromatic nitrogens is 1. The molecule has 1 aromatic heterocycles. The Bertz CT molecular complexity index is 3620. The third kappa shape index (κ3) is 20.9. The van der Waals surface area contributed by atoms with Gasteiger partial charge in [0.15, 0.2) is 0 Å². The number of hydrogen-bond acceptors (Lipinski definition) is 13. The highest BCUT2D eigenvalue weighted by atomic mass is 35.5. The zero-order chi connectivity index (χ0) is 78.4. The number of amides is 12. The number of hydrogen-bond donors (Lipinski definition) is 3. The molecular weight excluding hydrogens is 1380 g/mol. The summed E-state index contributed by atoms with van der Waals surface area (Å²) in [6.45, 7) is 13.6. The fourth-order valence-corrected chi connectivity index (χ4v) is 14.3. The first-order valence-electron chi connectivity index (χ1n) is 36.3. The number of pyridine rings is 1. The summed E-state index contributed by atoms with van der Waals surface area (Å²) in [5.74, 6) is -9.91. The molecule has 1 aliphatic carbocycles. The van der Waals surface area contributed by atoms with Crippen molar-refractivity contribution in [3.05, 3.63) is 99.8 Å². The van der Waals surface area contributed by atoms with E-state index in [9.17, 15) is 46.7 Å². The normalized spacial score (nSPS) is 24.7. The molecule has 11 atom stereocenters. The number of aryl methyl sites for hydroxylation is 3. The first-order chi connectivity index (χ1) is 49.2. The zero-order valence-corrected chi connectivity index (χ0v) is 64.7. The first kappa shape index (κ1) is 85.2. The van der Waals surface area contributed by atoms with Crippen LogP contribution in [0.3, 0.4) is 0 Å². The van der Waals surface area contributed by atoms with Crippen molar-refractivity contribution in [1.29, 1.82) is 0 Å². The lowest BCUT2D eigenvalue weighted by Crippen LogP contribution is -2.65. The average Bonchev–Trinajstić information content (AvgIpc) is 1.70. The second kappa shape index (κ2) is 37.0. The summed E-state index contributed by atoms with van der Waals surface area (Å²) in [4.78, 5) is 196. The number of benzene rings is 2. The molecule has 3 aliphatic rings. The molecule has 2 aliphatic heterocycles. The number of halogens is 4. The van der Waals surface area contributed by atoms with E-state index < -0.39 is 172 Å². The standard InChI is InChI=1S/C76H109ClF3N13O12/c1-18-47(6)63-72(103)87(12)49(8)67(98)93-38-34-57(93)71(102)90(15)59(41-51-26-24-46(5)25-27-51)70(101)86(11)44-61(94)82-55(32-29-50-28-31-53(54(77)40-50)76(78,79)80)68(99)89(14)56(33-30-52-23-22-37-81-43-52)66(97)84-75(35-20-21-36-75)74(105)92(17)64(48(7)19-2)73(104)91(16)60(69(100)85(9)10)42-62(95)88(13)58(39-45(3)4)65(96)83-63/h22-28,31,37,40,43,45,47-49,55-60,63-64H,18-21,29-30,32-36,38-39,41-42,44H2,1-17H3,(H,82,94)(H,83,96)(H,84,97)/t47-,48-,49-,55-,56-,57?,58-,59-,60-,63-,64-/m0/s1. The van der Waals surface area contributed by atoms with Crippen molar-refractivity contribution in [3.63, 3.8) is 0 Å². The number of carbonyl (C=O) groups excluding carboxylic acids is 12. The molecular formula is C76H109ClF3N13O12. The lowest BCUT2D eigenvalue weighted by Gasteiger charge is -2.45. The summed E-state index contributed by atoms with van der Waals surface area (Å²) < 4.78 is 42.0. The summed E-state index contributed by atoms with van der Waals surface area (Å²) in [7, 11) is 12.6. The number of nitrogens with zero attached hydrogens (tertiary/aromatic N) is 10. The Kier molecular flexibility index (Phi) is 30.1. The van der Waals surface area contributed by atoms with Crippen molar-refractivity contribution in [2.75, 3.05) is 76.5 Å². The Hall–Kier alpha value is -8.69. The summed E-state index contributed by atoms with van der Waals surface area (Å²) in [6, 6.07) is 1.90. The van der Waals surface area contributed by atoms with Gasteiger partial charge >= 0.3 is 6.18 Å². The van der Waals surface area contributed by atoms with Gasteiger partial charge in [-0.2, -0.15) is 13.2 Å². The lowest BCUT2D eigenvalue weighted by molar-refractivity contribution is -0.160. The summed E-state index contributed by atoms with van der Waals surface area (Å²) in [6.07, 6.45) is -0.655. The minimum absolute atomic E-state index is 0.0653. The third-order valence-electron chi connectivity index (χ3n) is 21.5. The van der Waals surface area contributed by atoms with E-state index in [4.69, 9.17) is 11.6 Å². The number of carbonyl (C=O) groups is 12.